The van der Waals surface area contributed by atoms with E-state index in [0.717, 1.165) is 12.1 Å². The third kappa shape index (κ3) is 0.686. The third-order valence-electron chi connectivity index (χ3n) is 4.51. The van der Waals surface area contributed by atoms with Gasteiger partial charge in [0.2, 0.25) is 0 Å². The maximum atomic E-state index is 8.82. The number of nitrogens with zero attached hydrogens (tertiary/aromatic N) is 1. The van der Waals surface area contributed by atoms with E-state index in [1.165, 1.54) is 12.8 Å². The van der Waals surface area contributed by atoms with Crippen LogP contribution >= 0.6 is 0 Å². The molecule has 2 rings (SSSR count). The van der Waals surface area contributed by atoms with E-state index in [1.54, 1.807) is 0 Å². The highest BCUT2D eigenvalue weighted by Crippen LogP contribution is 2.64. The van der Waals surface area contributed by atoms with E-state index in [2.05, 4.69) is 25.9 Å². The van der Waals surface area contributed by atoms with Gasteiger partial charge in [-0.25, -0.2) is 0 Å². The second-order valence-electron chi connectivity index (χ2n) is 5.14. The van der Waals surface area contributed by atoms with Gasteiger partial charge in [0.1, 0.15) is 0 Å². The summed E-state index contributed by atoms with van der Waals surface area (Å²) < 4.78 is 0. The van der Waals surface area contributed by atoms with Crippen LogP contribution in [-0.4, -0.2) is 10.9 Å². The molecule has 1 N–H and O–H groups in total. The molecule has 2 aliphatic carbocycles. The van der Waals surface area contributed by atoms with Crippen LogP contribution in [0.15, 0.2) is 5.16 Å². The first-order valence-corrected chi connectivity index (χ1v) is 4.72. The predicted molar refractivity (Wildman–Crippen MR) is 48.5 cm³/mol. The summed E-state index contributed by atoms with van der Waals surface area (Å²) in [5, 5.41) is 12.3. The summed E-state index contributed by atoms with van der Waals surface area (Å²) in [6, 6.07) is 0. The van der Waals surface area contributed by atoms with Gasteiger partial charge >= 0.3 is 0 Å². The molecule has 2 bridgehead atoms. The molecule has 0 aromatic rings. The number of fused-ring (bicyclic) bond motifs is 2. The zero-order valence-corrected chi connectivity index (χ0v) is 8.09. The van der Waals surface area contributed by atoms with Crippen molar-refractivity contribution in [3.8, 4) is 0 Å². The molecule has 0 saturated heterocycles. The SMILES string of the molecule is CC12CCC(/C(=N\O)C1)C2(C)C. The van der Waals surface area contributed by atoms with Gasteiger partial charge in [0, 0.05) is 5.92 Å². The lowest BCUT2D eigenvalue weighted by Gasteiger charge is -2.33. The molecule has 0 heterocycles. The third-order valence-corrected chi connectivity index (χ3v) is 4.51. The Morgan fingerprint density at radius 3 is 2.33 bits per heavy atom. The monoisotopic (exact) mass is 167 g/mol. The van der Waals surface area contributed by atoms with Crippen molar-refractivity contribution < 1.29 is 5.21 Å². The van der Waals surface area contributed by atoms with Crippen LogP contribution in [0.4, 0.5) is 0 Å². The molecule has 2 aliphatic rings. The summed E-state index contributed by atoms with van der Waals surface area (Å²) in [4.78, 5) is 0. The van der Waals surface area contributed by atoms with E-state index < -0.39 is 0 Å². The van der Waals surface area contributed by atoms with E-state index >= 15 is 0 Å². The van der Waals surface area contributed by atoms with Crippen molar-refractivity contribution in [3.05, 3.63) is 0 Å². The van der Waals surface area contributed by atoms with Crippen molar-refractivity contribution in [3.63, 3.8) is 0 Å². The molecule has 12 heavy (non-hydrogen) atoms. The molecule has 2 unspecified atom stereocenters. The van der Waals surface area contributed by atoms with Crippen molar-refractivity contribution >= 4 is 5.71 Å². The van der Waals surface area contributed by atoms with Crippen molar-refractivity contribution in [2.24, 2.45) is 21.9 Å². The van der Waals surface area contributed by atoms with Crippen LogP contribution in [0.3, 0.4) is 0 Å². The number of hydrogen-bond acceptors (Lipinski definition) is 2. The lowest BCUT2D eigenvalue weighted by atomic mass is 9.71. The summed E-state index contributed by atoms with van der Waals surface area (Å²) in [6.45, 7) is 6.94. The molecule has 68 valence electrons. The van der Waals surface area contributed by atoms with Crippen molar-refractivity contribution in [2.75, 3.05) is 0 Å². The quantitative estimate of drug-likeness (QED) is 0.436. The first-order valence-electron chi connectivity index (χ1n) is 4.72. The maximum absolute atomic E-state index is 8.82. The highest BCUT2D eigenvalue weighted by Gasteiger charge is 2.59. The molecule has 0 amide bonds. The van der Waals surface area contributed by atoms with Crippen LogP contribution in [0, 0.1) is 16.7 Å². The highest BCUT2D eigenvalue weighted by molar-refractivity contribution is 5.91. The Morgan fingerprint density at radius 2 is 2.08 bits per heavy atom. The Kier molecular flexibility index (Phi) is 1.37. The Morgan fingerprint density at radius 1 is 1.42 bits per heavy atom. The van der Waals surface area contributed by atoms with Crippen LogP contribution in [-0.2, 0) is 0 Å². The van der Waals surface area contributed by atoms with Crippen LogP contribution in [0.2, 0.25) is 0 Å². The van der Waals surface area contributed by atoms with Gasteiger partial charge in [0.15, 0.2) is 0 Å². The number of hydrogen-bond donors (Lipinski definition) is 1. The van der Waals surface area contributed by atoms with Crippen molar-refractivity contribution in [1.29, 1.82) is 0 Å². The molecule has 0 aromatic heterocycles. The van der Waals surface area contributed by atoms with E-state index in [0.29, 0.717) is 16.7 Å². The predicted octanol–water partition coefficient (Wildman–Crippen LogP) is 2.66. The average molecular weight is 167 g/mol. The molecule has 2 atom stereocenters. The molecule has 2 heteroatoms. The van der Waals surface area contributed by atoms with Crippen LogP contribution in [0.5, 0.6) is 0 Å². The summed E-state index contributed by atoms with van der Waals surface area (Å²) in [5.74, 6) is 0.535. The fraction of sp³-hybridized carbons (Fsp3) is 0.900. The Labute approximate surface area is 73.7 Å². The van der Waals surface area contributed by atoms with Crippen LogP contribution in [0.1, 0.15) is 40.0 Å². The Balaban J connectivity index is 2.43. The summed E-state index contributed by atoms with van der Waals surface area (Å²) in [6.07, 6.45) is 3.51. The second-order valence-corrected chi connectivity index (χ2v) is 5.14. The van der Waals surface area contributed by atoms with E-state index in [9.17, 15) is 0 Å². The molecule has 2 fully saturated rings. The second kappa shape index (κ2) is 2.04. The zero-order chi connectivity index (χ0) is 8.98. The molecular weight excluding hydrogens is 150 g/mol. The van der Waals surface area contributed by atoms with Gasteiger partial charge in [0.25, 0.3) is 0 Å². The highest BCUT2D eigenvalue weighted by atomic mass is 16.4. The number of oxime groups is 1. The van der Waals surface area contributed by atoms with Crippen molar-refractivity contribution in [2.45, 2.75) is 40.0 Å². The van der Waals surface area contributed by atoms with E-state index in [1.807, 2.05) is 0 Å². The largest absolute Gasteiger partial charge is 0.411 e. The Hall–Kier alpha value is -0.530. The van der Waals surface area contributed by atoms with Gasteiger partial charge in [-0.05, 0) is 30.1 Å². The first kappa shape index (κ1) is 8.09. The average Bonchev–Trinajstić information content (AvgIpc) is 2.33. The summed E-state index contributed by atoms with van der Waals surface area (Å²) in [5.41, 5.74) is 1.77. The normalized spacial score (nSPS) is 47.2. The fourth-order valence-electron chi connectivity index (χ4n) is 3.09. The molecule has 2 saturated carbocycles. The smallest absolute Gasteiger partial charge is 0.0612 e. The van der Waals surface area contributed by atoms with E-state index in [-0.39, 0.29) is 0 Å². The van der Waals surface area contributed by atoms with Gasteiger partial charge in [-0.1, -0.05) is 25.9 Å². The van der Waals surface area contributed by atoms with Gasteiger partial charge in [0.05, 0.1) is 5.71 Å². The number of rotatable bonds is 0. The molecule has 0 radical (unpaired) electrons. The van der Waals surface area contributed by atoms with Crippen molar-refractivity contribution in [1.82, 2.24) is 0 Å². The topological polar surface area (TPSA) is 32.6 Å². The first-order chi connectivity index (χ1) is 5.51. The molecule has 0 spiro atoms. The molecule has 0 aliphatic heterocycles. The van der Waals surface area contributed by atoms with Crippen LogP contribution in [0.25, 0.3) is 0 Å². The minimum Gasteiger partial charge on any atom is -0.411 e. The molecular formula is C10H17NO. The fourth-order valence-corrected chi connectivity index (χ4v) is 3.09. The van der Waals surface area contributed by atoms with E-state index in [4.69, 9.17) is 5.21 Å². The standard InChI is InChI=1S/C10H17NO/c1-9(2)7-4-5-10(9,3)6-8(7)11-12/h7,12H,4-6H2,1-3H3/b11-8-. The van der Waals surface area contributed by atoms with Gasteiger partial charge in [-0.3, -0.25) is 0 Å². The maximum Gasteiger partial charge on any atom is 0.0612 e. The molecule has 2 nitrogen and oxygen atoms in total. The Bertz CT molecular complexity index is 241. The lowest BCUT2D eigenvalue weighted by Crippen LogP contribution is -2.26. The van der Waals surface area contributed by atoms with Gasteiger partial charge in [-0.15, -0.1) is 0 Å². The minimum absolute atomic E-state index is 0.342. The lowest BCUT2D eigenvalue weighted by molar-refractivity contribution is 0.152. The van der Waals surface area contributed by atoms with Gasteiger partial charge < -0.3 is 5.21 Å². The zero-order valence-electron chi connectivity index (χ0n) is 8.09. The minimum atomic E-state index is 0.342. The van der Waals surface area contributed by atoms with Crippen LogP contribution < -0.4 is 0 Å². The summed E-state index contributed by atoms with van der Waals surface area (Å²) >= 11 is 0. The van der Waals surface area contributed by atoms with Gasteiger partial charge in [-0.2, -0.15) is 0 Å². The molecule has 0 aromatic carbocycles. The summed E-state index contributed by atoms with van der Waals surface area (Å²) in [7, 11) is 0.